The Labute approximate surface area is 162 Å². The van der Waals surface area contributed by atoms with Crippen LogP contribution >= 0.6 is 0 Å². The predicted octanol–water partition coefficient (Wildman–Crippen LogP) is 3.09. The summed E-state index contributed by atoms with van der Waals surface area (Å²) < 4.78 is 5.74. The number of hydrogen-bond acceptors (Lipinski definition) is 6. The van der Waals surface area contributed by atoms with Gasteiger partial charge >= 0.3 is 0 Å². The normalized spacial score (nSPS) is 19.5. The van der Waals surface area contributed by atoms with E-state index < -0.39 is 0 Å². The number of likely N-dealkylation sites (tertiary alicyclic amines) is 1. The molecule has 28 heavy (non-hydrogen) atoms. The van der Waals surface area contributed by atoms with Crippen molar-refractivity contribution in [3.8, 4) is 17.5 Å². The zero-order chi connectivity index (χ0) is 19.7. The number of carbonyl (C=O) groups is 1. The van der Waals surface area contributed by atoms with Crippen molar-refractivity contribution in [1.29, 1.82) is 5.26 Å². The van der Waals surface area contributed by atoms with Crippen LogP contribution < -0.4 is 5.32 Å². The molecule has 0 bridgehead atoms. The number of nitrogens with zero attached hydrogens (tertiary/aromatic N) is 4. The van der Waals surface area contributed by atoms with E-state index in [1.54, 1.807) is 17.3 Å². The summed E-state index contributed by atoms with van der Waals surface area (Å²) in [7, 11) is 0. The van der Waals surface area contributed by atoms with Gasteiger partial charge in [-0.15, -0.1) is 0 Å². The zero-order valence-corrected chi connectivity index (χ0v) is 15.9. The molecule has 0 aromatic carbocycles. The van der Waals surface area contributed by atoms with E-state index in [1.807, 2.05) is 25.3 Å². The predicted molar refractivity (Wildman–Crippen MR) is 104 cm³/mol. The van der Waals surface area contributed by atoms with Crippen molar-refractivity contribution < 1.29 is 9.21 Å². The monoisotopic (exact) mass is 378 g/mol. The highest BCUT2D eigenvalue weighted by Crippen LogP contribution is 2.34. The van der Waals surface area contributed by atoms with Crippen LogP contribution in [-0.2, 0) is 4.79 Å². The third kappa shape index (κ3) is 3.43. The van der Waals surface area contributed by atoms with Crippen LogP contribution in [0.25, 0.3) is 22.5 Å². The number of pyridine rings is 1. The number of nitrogens with one attached hydrogen (secondary N) is 2. The fraction of sp³-hybridized carbons (Fsp3) is 0.400. The van der Waals surface area contributed by atoms with E-state index in [-0.39, 0.29) is 18.4 Å². The summed E-state index contributed by atoms with van der Waals surface area (Å²) >= 11 is 0. The van der Waals surface area contributed by atoms with Gasteiger partial charge in [0.15, 0.2) is 0 Å². The van der Waals surface area contributed by atoms with E-state index in [1.165, 1.54) is 0 Å². The summed E-state index contributed by atoms with van der Waals surface area (Å²) in [5.41, 5.74) is 2.45. The fourth-order valence-corrected chi connectivity index (χ4v) is 3.85. The molecule has 2 atom stereocenters. The molecule has 3 aromatic rings. The molecule has 1 aliphatic heterocycles. The standard InChI is InChI=1S/C20H22N6O2/c1-12-7-14(11-26(10-12)17(27)3-5-21)25-18-15-4-6-22-19(15)23-9-16(18)20-24-8-13(2)28-20/h4,6,8-9,12,14H,3,7,10-11H2,1-2H3,(H2,22,23,25)/t12-,14+/m0/s1. The van der Waals surface area contributed by atoms with Crippen LogP contribution in [0.1, 0.15) is 25.5 Å². The van der Waals surface area contributed by atoms with Crippen LogP contribution in [-0.4, -0.2) is 44.9 Å². The highest BCUT2D eigenvalue weighted by Gasteiger charge is 2.29. The number of piperidine rings is 1. The van der Waals surface area contributed by atoms with Crippen molar-refractivity contribution in [1.82, 2.24) is 19.9 Å². The molecule has 1 amide bonds. The number of hydrogen-bond donors (Lipinski definition) is 2. The minimum atomic E-state index is -0.120. The molecule has 0 saturated carbocycles. The van der Waals surface area contributed by atoms with E-state index in [4.69, 9.17) is 9.68 Å². The molecule has 2 N–H and O–H groups in total. The van der Waals surface area contributed by atoms with Gasteiger partial charge in [-0.25, -0.2) is 9.97 Å². The Bertz CT molecular complexity index is 1050. The molecule has 144 valence electrons. The molecule has 4 heterocycles. The van der Waals surface area contributed by atoms with E-state index in [0.717, 1.165) is 34.5 Å². The van der Waals surface area contributed by atoms with Crippen molar-refractivity contribution >= 4 is 22.6 Å². The molecule has 0 radical (unpaired) electrons. The second-order valence-electron chi connectivity index (χ2n) is 7.38. The minimum absolute atomic E-state index is 0.0571. The van der Waals surface area contributed by atoms with Gasteiger partial charge in [0.05, 0.1) is 23.5 Å². The summed E-state index contributed by atoms with van der Waals surface area (Å²) in [6, 6.07) is 3.98. The number of oxazole rings is 1. The quantitative estimate of drug-likeness (QED) is 0.722. The van der Waals surface area contributed by atoms with Crippen LogP contribution in [0.4, 0.5) is 5.69 Å². The Morgan fingerprint density at radius 2 is 2.29 bits per heavy atom. The lowest BCUT2D eigenvalue weighted by Gasteiger charge is -2.37. The Kier molecular flexibility index (Phi) is 4.74. The van der Waals surface area contributed by atoms with Crippen LogP contribution in [0.3, 0.4) is 0 Å². The first kappa shape index (κ1) is 18.0. The molecule has 3 aromatic heterocycles. The lowest BCUT2D eigenvalue weighted by atomic mass is 9.95. The number of rotatable bonds is 4. The SMILES string of the molecule is Cc1cnc(-c2cnc3[nH]ccc3c2N[C@@H]2C[C@H](C)CN(C(=O)CC#N)C2)o1. The van der Waals surface area contributed by atoms with Crippen LogP contribution in [0.5, 0.6) is 0 Å². The number of aryl methyl sites for hydroxylation is 1. The summed E-state index contributed by atoms with van der Waals surface area (Å²) in [4.78, 5) is 26.0. The van der Waals surface area contributed by atoms with E-state index in [2.05, 4.69) is 27.2 Å². The number of aromatic amines is 1. The molecular weight excluding hydrogens is 356 g/mol. The number of nitriles is 1. The Balaban J connectivity index is 1.67. The Morgan fingerprint density at radius 3 is 3.04 bits per heavy atom. The highest BCUT2D eigenvalue weighted by molar-refractivity contribution is 5.97. The van der Waals surface area contributed by atoms with Crippen molar-refractivity contribution in [2.75, 3.05) is 18.4 Å². The number of aromatic nitrogens is 3. The van der Waals surface area contributed by atoms with Crippen LogP contribution in [0.15, 0.2) is 29.1 Å². The van der Waals surface area contributed by atoms with Gasteiger partial charge in [0.25, 0.3) is 0 Å². The number of H-pyrrole nitrogens is 1. The number of carbonyl (C=O) groups excluding carboxylic acids is 1. The molecule has 8 nitrogen and oxygen atoms in total. The maximum Gasteiger partial charge on any atom is 0.236 e. The van der Waals surface area contributed by atoms with Crippen LogP contribution in [0.2, 0.25) is 0 Å². The summed E-state index contributed by atoms with van der Waals surface area (Å²) in [6.45, 7) is 5.22. The van der Waals surface area contributed by atoms with Crippen molar-refractivity contribution in [3.63, 3.8) is 0 Å². The second-order valence-corrected chi connectivity index (χ2v) is 7.38. The third-order valence-electron chi connectivity index (χ3n) is 5.03. The summed E-state index contributed by atoms with van der Waals surface area (Å²) in [5.74, 6) is 1.46. The topological polar surface area (TPSA) is 111 Å². The van der Waals surface area contributed by atoms with Crippen molar-refractivity contribution in [2.45, 2.75) is 32.7 Å². The van der Waals surface area contributed by atoms with Crippen molar-refractivity contribution in [3.05, 3.63) is 30.4 Å². The first-order chi connectivity index (χ1) is 13.5. The van der Waals surface area contributed by atoms with Gasteiger partial charge in [-0.3, -0.25) is 4.79 Å². The molecule has 1 fully saturated rings. The smallest absolute Gasteiger partial charge is 0.236 e. The number of fused-ring (bicyclic) bond motifs is 1. The molecular formula is C20H22N6O2. The lowest BCUT2D eigenvalue weighted by Crippen LogP contribution is -2.48. The Morgan fingerprint density at radius 1 is 1.43 bits per heavy atom. The van der Waals surface area contributed by atoms with E-state index >= 15 is 0 Å². The van der Waals surface area contributed by atoms with E-state index in [0.29, 0.717) is 24.9 Å². The van der Waals surface area contributed by atoms with Gasteiger partial charge < -0.3 is 19.6 Å². The largest absolute Gasteiger partial charge is 0.441 e. The number of anilines is 1. The molecule has 0 unspecified atom stereocenters. The molecule has 8 heteroatoms. The molecule has 0 spiro atoms. The number of amides is 1. The van der Waals surface area contributed by atoms with Gasteiger partial charge in [0.1, 0.15) is 17.8 Å². The summed E-state index contributed by atoms with van der Waals surface area (Å²) in [6.07, 6.45) is 6.12. The average molecular weight is 378 g/mol. The average Bonchev–Trinajstić information content (AvgIpc) is 3.30. The molecule has 4 rings (SSSR count). The summed E-state index contributed by atoms with van der Waals surface area (Å²) in [5, 5.41) is 13.4. The first-order valence-corrected chi connectivity index (χ1v) is 9.35. The Hall–Kier alpha value is -3.34. The van der Waals surface area contributed by atoms with Crippen molar-refractivity contribution in [2.24, 2.45) is 5.92 Å². The second kappa shape index (κ2) is 7.35. The molecule has 1 saturated heterocycles. The lowest BCUT2D eigenvalue weighted by molar-refractivity contribution is -0.132. The zero-order valence-electron chi connectivity index (χ0n) is 15.9. The van der Waals surface area contributed by atoms with Gasteiger partial charge in [-0.05, 0) is 25.3 Å². The first-order valence-electron chi connectivity index (χ1n) is 9.35. The highest BCUT2D eigenvalue weighted by atomic mass is 16.4. The third-order valence-corrected chi connectivity index (χ3v) is 5.03. The van der Waals surface area contributed by atoms with Gasteiger partial charge in [0.2, 0.25) is 11.8 Å². The maximum atomic E-state index is 12.2. The fourth-order valence-electron chi connectivity index (χ4n) is 3.85. The van der Waals surface area contributed by atoms with Gasteiger partial charge in [0, 0.05) is 36.9 Å². The van der Waals surface area contributed by atoms with Gasteiger partial charge in [-0.2, -0.15) is 5.26 Å². The molecule has 0 aliphatic carbocycles. The maximum absolute atomic E-state index is 12.2. The molecule has 1 aliphatic rings. The van der Waals surface area contributed by atoms with E-state index in [9.17, 15) is 4.79 Å². The van der Waals surface area contributed by atoms with Gasteiger partial charge in [-0.1, -0.05) is 6.92 Å². The van der Waals surface area contributed by atoms with Crippen LogP contribution in [0, 0.1) is 24.2 Å². The minimum Gasteiger partial charge on any atom is -0.441 e.